The molecular formula is C16H24ClNO2S. The van der Waals surface area contributed by atoms with Crippen LogP contribution in [-0.4, -0.2) is 25.8 Å². The van der Waals surface area contributed by atoms with E-state index >= 15 is 0 Å². The molecule has 3 nitrogen and oxygen atoms in total. The Morgan fingerprint density at radius 2 is 2.05 bits per heavy atom. The SMILES string of the molecule is CCCC1CCN(S(=O)(=O)c2cc(CCl)cc(C)c2C)C1. The number of benzene rings is 1. The maximum absolute atomic E-state index is 12.9. The molecule has 2 rings (SSSR count). The van der Waals surface area contributed by atoms with Gasteiger partial charge in [-0.3, -0.25) is 0 Å². The van der Waals surface area contributed by atoms with Crippen molar-refractivity contribution >= 4 is 21.6 Å². The summed E-state index contributed by atoms with van der Waals surface area (Å²) in [5.41, 5.74) is 2.68. The lowest BCUT2D eigenvalue weighted by Crippen LogP contribution is -2.29. The average Bonchev–Trinajstić information content (AvgIpc) is 2.91. The van der Waals surface area contributed by atoms with Crippen LogP contribution in [0.1, 0.15) is 42.9 Å². The van der Waals surface area contributed by atoms with E-state index in [1.807, 2.05) is 19.9 Å². The summed E-state index contributed by atoms with van der Waals surface area (Å²) in [6.07, 6.45) is 3.18. The number of hydrogen-bond acceptors (Lipinski definition) is 2. The van der Waals surface area contributed by atoms with Crippen molar-refractivity contribution in [1.82, 2.24) is 4.31 Å². The van der Waals surface area contributed by atoms with Gasteiger partial charge in [0, 0.05) is 19.0 Å². The molecule has 0 aliphatic carbocycles. The number of halogens is 1. The van der Waals surface area contributed by atoms with Crippen molar-refractivity contribution in [3.05, 3.63) is 28.8 Å². The summed E-state index contributed by atoms with van der Waals surface area (Å²) < 4.78 is 27.5. The van der Waals surface area contributed by atoms with Crippen molar-refractivity contribution in [2.24, 2.45) is 5.92 Å². The van der Waals surface area contributed by atoms with Crippen molar-refractivity contribution < 1.29 is 8.42 Å². The van der Waals surface area contributed by atoms with Gasteiger partial charge in [-0.15, -0.1) is 11.6 Å². The van der Waals surface area contributed by atoms with Gasteiger partial charge >= 0.3 is 0 Å². The first kappa shape index (κ1) is 16.8. The van der Waals surface area contributed by atoms with Crippen molar-refractivity contribution in [3.8, 4) is 0 Å². The Morgan fingerprint density at radius 3 is 2.67 bits per heavy atom. The number of sulfonamides is 1. The predicted molar refractivity (Wildman–Crippen MR) is 87.2 cm³/mol. The Balaban J connectivity index is 2.34. The molecule has 0 aromatic heterocycles. The minimum Gasteiger partial charge on any atom is -0.207 e. The summed E-state index contributed by atoms with van der Waals surface area (Å²) in [5.74, 6) is 0.838. The molecule has 1 fully saturated rings. The van der Waals surface area contributed by atoms with Gasteiger partial charge in [0.1, 0.15) is 0 Å². The topological polar surface area (TPSA) is 37.4 Å². The third kappa shape index (κ3) is 3.43. The van der Waals surface area contributed by atoms with Gasteiger partial charge in [-0.2, -0.15) is 4.31 Å². The van der Waals surface area contributed by atoms with Crippen LogP contribution in [-0.2, 0) is 15.9 Å². The third-order valence-corrected chi connectivity index (χ3v) is 6.70. The highest BCUT2D eigenvalue weighted by Crippen LogP contribution is 2.30. The van der Waals surface area contributed by atoms with Crippen LogP contribution in [0.25, 0.3) is 0 Å². The smallest absolute Gasteiger partial charge is 0.207 e. The zero-order chi connectivity index (χ0) is 15.6. The molecular weight excluding hydrogens is 306 g/mol. The summed E-state index contributed by atoms with van der Waals surface area (Å²) in [4.78, 5) is 0.426. The molecule has 0 amide bonds. The Morgan fingerprint density at radius 1 is 1.33 bits per heavy atom. The van der Waals surface area contributed by atoms with Crippen LogP contribution in [0.3, 0.4) is 0 Å². The molecule has 1 aromatic rings. The predicted octanol–water partition coefficient (Wildman–Crippen LogP) is 3.85. The number of nitrogens with zero attached hydrogens (tertiary/aromatic N) is 1. The summed E-state index contributed by atoms with van der Waals surface area (Å²) in [5, 5.41) is 0. The molecule has 0 spiro atoms. The zero-order valence-electron chi connectivity index (χ0n) is 13.0. The van der Waals surface area contributed by atoms with Gasteiger partial charge in [-0.1, -0.05) is 19.4 Å². The average molecular weight is 330 g/mol. The van der Waals surface area contributed by atoms with Crippen molar-refractivity contribution in [2.75, 3.05) is 13.1 Å². The summed E-state index contributed by atoms with van der Waals surface area (Å²) in [7, 11) is -3.40. The first-order valence-electron chi connectivity index (χ1n) is 7.56. The van der Waals surface area contributed by atoms with Crippen LogP contribution in [0.4, 0.5) is 0 Å². The van der Waals surface area contributed by atoms with Gasteiger partial charge in [0.25, 0.3) is 0 Å². The highest BCUT2D eigenvalue weighted by molar-refractivity contribution is 7.89. The van der Waals surface area contributed by atoms with E-state index in [1.165, 1.54) is 0 Å². The molecule has 1 unspecified atom stereocenters. The molecule has 1 aliphatic heterocycles. The van der Waals surface area contributed by atoms with Crippen LogP contribution >= 0.6 is 11.6 Å². The largest absolute Gasteiger partial charge is 0.243 e. The van der Waals surface area contributed by atoms with E-state index in [-0.39, 0.29) is 0 Å². The molecule has 5 heteroatoms. The number of alkyl halides is 1. The van der Waals surface area contributed by atoms with E-state index in [2.05, 4.69) is 6.92 Å². The van der Waals surface area contributed by atoms with E-state index in [1.54, 1.807) is 10.4 Å². The molecule has 118 valence electrons. The number of aryl methyl sites for hydroxylation is 1. The van der Waals surface area contributed by atoms with Crippen LogP contribution in [0.2, 0.25) is 0 Å². The molecule has 0 N–H and O–H groups in total. The van der Waals surface area contributed by atoms with Gasteiger partial charge in [-0.25, -0.2) is 8.42 Å². The minimum atomic E-state index is -3.40. The lowest BCUT2D eigenvalue weighted by molar-refractivity contribution is 0.444. The van der Waals surface area contributed by atoms with Gasteiger partial charge < -0.3 is 0 Å². The lowest BCUT2D eigenvalue weighted by Gasteiger charge is -2.19. The third-order valence-electron chi connectivity index (χ3n) is 4.40. The van der Waals surface area contributed by atoms with Crippen LogP contribution in [0.5, 0.6) is 0 Å². The monoisotopic (exact) mass is 329 g/mol. The normalized spacial score (nSPS) is 20.1. The van der Waals surface area contributed by atoms with Crippen molar-refractivity contribution in [3.63, 3.8) is 0 Å². The first-order valence-corrected chi connectivity index (χ1v) is 9.53. The second-order valence-electron chi connectivity index (χ2n) is 5.98. The van der Waals surface area contributed by atoms with Crippen LogP contribution in [0, 0.1) is 19.8 Å². The maximum atomic E-state index is 12.9. The molecule has 0 saturated carbocycles. The van der Waals surface area contributed by atoms with Gasteiger partial charge in [0.15, 0.2) is 0 Å². The second kappa shape index (κ2) is 6.67. The maximum Gasteiger partial charge on any atom is 0.243 e. The Labute approximate surface area is 133 Å². The molecule has 1 aromatic carbocycles. The Kier molecular flexibility index (Phi) is 5.33. The van der Waals surface area contributed by atoms with Crippen LogP contribution in [0.15, 0.2) is 17.0 Å². The van der Waals surface area contributed by atoms with E-state index in [9.17, 15) is 8.42 Å². The van der Waals surface area contributed by atoms with Gasteiger partial charge in [0.05, 0.1) is 4.90 Å². The molecule has 1 atom stereocenters. The standard InChI is InChI=1S/C16H24ClNO2S/c1-4-5-14-6-7-18(11-14)21(19,20)16-9-15(10-17)8-12(2)13(16)3/h8-9,14H,4-7,10-11H2,1-3H3. The van der Waals surface area contributed by atoms with Gasteiger partial charge in [0.2, 0.25) is 10.0 Å². The fourth-order valence-corrected chi connectivity index (χ4v) is 5.08. The van der Waals surface area contributed by atoms with Crippen molar-refractivity contribution in [2.45, 2.75) is 50.8 Å². The van der Waals surface area contributed by atoms with Crippen LogP contribution < -0.4 is 0 Å². The molecule has 21 heavy (non-hydrogen) atoms. The summed E-state index contributed by atoms with van der Waals surface area (Å²) in [6.45, 7) is 7.25. The summed E-state index contributed by atoms with van der Waals surface area (Å²) in [6, 6.07) is 3.70. The quantitative estimate of drug-likeness (QED) is 0.769. The van der Waals surface area contributed by atoms with E-state index < -0.39 is 10.0 Å². The Hall–Kier alpha value is -0.580. The number of rotatable bonds is 5. The minimum absolute atomic E-state index is 0.335. The van der Waals surface area contributed by atoms with E-state index in [4.69, 9.17) is 11.6 Å². The fourth-order valence-electron chi connectivity index (χ4n) is 3.04. The molecule has 0 bridgehead atoms. The highest BCUT2D eigenvalue weighted by atomic mass is 35.5. The second-order valence-corrected chi connectivity index (χ2v) is 8.15. The molecule has 1 saturated heterocycles. The first-order chi connectivity index (χ1) is 9.90. The fraction of sp³-hybridized carbons (Fsp3) is 0.625. The molecule has 0 radical (unpaired) electrons. The molecule has 1 heterocycles. The summed E-state index contributed by atoms with van der Waals surface area (Å²) >= 11 is 5.89. The Bertz CT molecular complexity index is 613. The highest BCUT2D eigenvalue weighted by Gasteiger charge is 2.33. The lowest BCUT2D eigenvalue weighted by atomic mass is 10.0. The zero-order valence-corrected chi connectivity index (χ0v) is 14.6. The van der Waals surface area contributed by atoms with Crippen molar-refractivity contribution in [1.29, 1.82) is 0 Å². The van der Waals surface area contributed by atoms with E-state index in [0.717, 1.165) is 36.0 Å². The molecule has 1 aliphatic rings. The van der Waals surface area contributed by atoms with Gasteiger partial charge in [-0.05, 0) is 55.4 Å². The van der Waals surface area contributed by atoms with E-state index in [0.29, 0.717) is 29.8 Å². The number of hydrogen-bond donors (Lipinski definition) is 0.